The van der Waals surface area contributed by atoms with E-state index in [0.29, 0.717) is 0 Å². The van der Waals surface area contributed by atoms with Crippen LogP contribution in [-0.2, 0) is 0 Å². The van der Waals surface area contributed by atoms with Gasteiger partial charge in [-0.05, 0) is 6.07 Å². The molecule has 0 radical (unpaired) electrons. The van der Waals surface area contributed by atoms with E-state index in [-0.39, 0.29) is 28.5 Å². The van der Waals surface area contributed by atoms with Gasteiger partial charge in [-0.25, -0.2) is 0 Å². The highest BCUT2D eigenvalue weighted by Crippen LogP contribution is 2.28. The maximum Gasteiger partial charge on any atom is 0.294 e. The SMILES string of the molecule is N=C(N)c1cc(N)c(N)c([N+](=O)[O-])c1. The Kier molecular flexibility index (Phi) is 2.24. The molecule has 1 rings (SSSR count). The summed E-state index contributed by atoms with van der Waals surface area (Å²) in [5.41, 5.74) is 15.7. The largest absolute Gasteiger partial charge is 0.397 e. The fraction of sp³-hybridized carbons (Fsp3) is 0. The van der Waals surface area contributed by atoms with Gasteiger partial charge >= 0.3 is 0 Å². The van der Waals surface area contributed by atoms with Gasteiger partial charge < -0.3 is 17.2 Å². The van der Waals surface area contributed by atoms with Gasteiger partial charge in [0, 0.05) is 11.6 Å². The summed E-state index contributed by atoms with van der Waals surface area (Å²) in [4.78, 5) is 9.84. The van der Waals surface area contributed by atoms with Crippen LogP contribution in [0.4, 0.5) is 17.1 Å². The molecule has 0 heterocycles. The van der Waals surface area contributed by atoms with Gasteiger partial charge in [0.1, 0.15) is 11.5 Å². The molecule has 0 saturated heterocycles. The average molecular weight is 195 g/mol. The van der Waals surface area contributed by atoms with Crippen LogP contribution in [0.5, 0.6) is 0 Å². The number of nitrogen functional groups attached to an aromatic ring is 3. The Morgan fingerprint density at radius 2 is 2.00 bits per heavy atom. The van der Waals surface area contributed by atoms with Crippen molar-refractivity contribution in [2.75, 3.05) is 11.5 Å². The van der Waals surface area contributed by atoms with Crippen molar-refractivity contribution in [3.05, 3.63) is 27.8 Å². The van der Waals surface area contributed by atoms with Gasteiger partial charge in [-0.1, -0.05) is 0 Å². The molecule has 1 aromatic carbocycles. The topological polar surface area (TPSA) is 145 Å². The quantitative estimate of drug-likeness (QED) is 0.173. The molecule has 0 aliphatic carbocycles. The molecule has 0 spiro atoms. The van der Waals surface area contributed by atoms with Crippen molar-refractivity contribution in [3.8, 4) is 0 Å². The van der Waals surface area contributed by atoms with Crippen LogP contribution < -0.4 is 17.2 Å². The average Bonchev–Trinajstić information content (AvgIpc) is 2.08. The van der Waals surface area contributed by atoms with E-state index < -0.39 is 4.92 Å². The minimum atomic E-state index is -0.669. The van der Waals surface area contributed by atoms with Crippen LogP contribution in [0.25, 0.3) is 0 Å². The number of anilines is 2. The van der Waals surface area contributed by atoms with Crippen LogP contribution in [-0.4, -0.2) is 10.8 Å². The molecule has 7 nitrogen and oxygen atoms in total. The van der Waals surface area contributed by atoms with E-state index in [9.17, 15) is 10.1 Å². The first-order chi connectivity index (χ1) is 6.43. The van der Waals surface area contributed by atoms with Crippen LogP contribution >= 0.6 is 0 Å². The zero-order chi connectivity index (χ0) is 10.9. The molecular weight excluding hydrogens is 186 g/mol. The van der Waals surface area contributed by atoms with Crippen molar-refractivity contribution in [1.29, 1.82) is 5.41 Å². The summed E-state index contributed by atoms with van der Waals surface area (Å²) in [6.07, 6.45) is 0. The lowest BCUT2D eigenvalue weighted by Crippen LogP contribution is -2.13. The Morgan fingerprint density at radius 3 is 2.43 bits per heavy atom. The van der Waals surface area contributed by atoms with E-state index in [1.165, 1.54) is 6.07 Å². The van der Waals surface area contributed by atoms with Crippen molar-refractivity contribution in [2.24, 2.45) is 5.73 Å². The van der Waals surface area contributed by atoms with Crippen molar-refractivity contribution in [3.63, 3.8) is 0 Å². The third-order valence-corrected chi connectivity index (χ3v) is 1.70. The van der Waals surface area contributed by atoms with Gasteiger partial charge in [0.2, 0.25) is 0 Å². The summed E-state index contributed by atoms with van der Waals surface area (Å²) in [6.45, 7) is 0. The molecule has 0 fully saturated rings. The highest BCUT2D eigenvalue weighted by molar-refractivity contribution is 5.98. The Labute approximate surface area is 79.2 Å². The maximum absolute atomic E-state index is 10.5. The van der Waals surface area contributed by atoms with Gasteiger partial charge in [-0.2, -0.15) is 0 Å². The molecule has 0 aliphatic heterocycles. The monoisotopic (exact) mass is 195 g/mol. The van der Waals surface area contributed by atoms with E-state index >= 15 is 0 Å². The third-order valence-electron chi connectivity index (χ3n) is 1.70. The van der Waals surface area contributed by atoms with E-state index in [1.54, 1.807) is 0 Å². The fourth-order valence-electron chi connectivity index (χ4n) is 0.966. The molecule has 0 bridgehead atoms. The second kappa shape index (κ2) is 3.21. The number of benzene rings is 1. The first-order valence-corrected chi connectivity index (χ1v) is 3.61. The molecule has 0 saturated carbocycles. The molecule has 0 aromatic heterocycles. The summed E-state index contributed by atoms with van der Waals surface area (Å²) in [7, 11) is 0. The number of rotatable bonds is 2. The van der Waals surface area contributed by atoms with Gasteiger partial charge in [-0.3, -0.25) is 15.5 Å². The van der Waals surface area contributed by atoms with Crippen molar-refractivity contribution >= 4 is 22.9 Å². The summed E-state index contributed by atoms with van der Waals surface area (Å²) >= 11 is 0. The second-order valence-corrected chi connectivity index (χ2v) is 2.67. The number of hydrogen-bond acceptors (Lipinski definition) is 5. The summed E-state index contributed by atoms with van der Waals surface area (Å²) in [6, 6.07) is 2.44. The fourth-order valence-corrected chi connectivity index (χ4v) is 0.966. The summed E-state index contributed by atoms with van der Waals surface area (Å²) < 4.78 is 0. The number of nitro groups is 1. The third kappa shape index (κ3) is 1.56. The predicted octanol–water partition coefficient (Wildman–Crippen LogP) is 0.0433. The summed E-state index contributed by atoms with van der Waals surface area (Å²) in [5.74, 6) is -0.292. The molecule has 0 unspecified atom stereocenters. The van der Waals surface area contributed by atoms with E-state index in [1.807, 2.05) is 0 Å². The van der Waals surface area contributed by atoms with E-state index in [4.69, 9.17) is 22.6 Å². The summed E-state index contributed by atoms with van der Waals surface area (Å²) in [5, 5.41) is 17.6. The number of amidine groups is 1. The minimum Gasteiger partial charge on any atom is -0.397 e. The van der Waals surface area contributed by atoms with Crippen LogP contribution in [0.1, 0.15) is 5.56 Å². The normalized spacial score (nSPS) is 9.71. The van der Waals surface area contributed by atoms with Gasteiger partial charge in [0.05, 0.1) is 10.6 Å². The first kappa shape index (κ1) is 9.78. The van der Waals surface area contributed by atoms with Crippen LogP contribution in [0.15, 0.2) is 12.1 Å². The lowest BCUT2D eigenvalue weighted by atomic mass is 10.1. The zero-order valence-corrected chi connectivity index (χ0v) is 7.15. The lowest BCUT2D eigenvalue weighted by molar-refractivity contribution is -0.383. The zero-order valence-electron chi connectivity index (χ0n) is 7.15. The van der Waals surface area contributed by atoms with Crippen molar-refractivity contribution in [1.82, 2.24) is 0 Å². The van der Waals surface area contributed by atoms with Crippen LogP contribution in [0, 0.1) is 15.5 Å². The molecule has 14 heavy (non-hydrogen) atoms. The number of nitrogens with zero attached hydrogens (tertiary/aromatic N) is 1. The standard InChI is InChI=1S/C7H9N5O2/c8-4-1-3(7(10)11)2-5(6(4)9)12(13)14/h1-2H,8-9H2,(H3,10,11). The molecular formula is C7H9N5O2. The predicted molar refractivity (Wildman–Crippen MR) is 52.9 cm³/mol. The van der Waals surface area contributed by atoms with Gasteiger partial charge in [0.15, 0.2) is 0 Å². The molecule has 1 aromatic rings. The van der Waals surface area contributed by atoms with Crippen molar-refractivity contribution in [2.45, 2.75) is 0 Å². The molecule has 7 heteroatoms. The molecule has 0 aliphatic rings. The number of nitrogens with two attached hydrogens (primary N) is 3. The van der Waals surface area contributed by atoms with Gasteiger partial charge in [0.25, 0.3) is 5.69 Å². The molecule has 0 atom stereocenters. The van der Waals surface area contributed by atoms with Gasteiger partial charge in [-0.15, -0.1) is 0 Å². The molecule has 74 valence electrons. The first-order valence-electron chi connectivity index (χ1n) is 3.61. The van der Waals surface area contributed by atoms with E-state index in [2.05, 4.69) is 0 Å². The van der Waals surface area contributed by atoms with Crippen molar-refractivity contribution < 1.29 is 4.92 Å². The lowest BCUT2D eigenvalue weighted by Gasteiger charge is -2.04. The smallest absolute Gasteiger partial charge is 0.294 e. The van der Waals surface area contributed by atoms with Crippen LogP contribution in [0.3, 0.4) is 0 Å². The van der Waals surface area contributed by atoms with Crippen LogP contribution in [0.2, 0.25) is 0 Å². The second-order valence-electron chi connectivity index (χ2n) is 2.67. The highest BCUT2D eigenvalue weighted by atomic mass is 16.6. The Morgan fingerprint density at radius 1 is 1.43 bits per heavy atom. The number of nitrogens with one attached hydrogen (secondary N) is 1. The Bertz CT molecular complexity index is 415. The molecule has 0 amide bonds. The Hall–Kier alpha value is -2.31. The minimum absolute atomic E-state index is 0.0457. The molecule has 7 N–H and O–H groups in total. The maximum atomic E-state index is 10.5. The Balaban J connectivity index is 3.43. The van der Waals surface area contributed by atoms with E-state index in [0.717, 1.165) is 6.07 Å². The highest BCUT2D eigenvalue weighted by Gasteiger charge is 2.16. The number of hydrogen-bond donors (Lipinski definition) is 4. The number of nitro benzene ring substituents is 1.